The van der Waals surface area contributed by atoms with Crippen LogP contribution in [0.2, 0.25) is 0 Å². The molecule has 0 aliphatic carbocycles. The zero-order valence-corrected chi connectivity index (χ0v) is 14.8. The van der Waals surface area contributed by atoms with Gasteiger partial charge in [-0.1, -0.05) is 56.4 Å². The molecule has 0 fully saturated rings. The zero-order valence-electron chi connectivity index (χ0n) is 12.4. The molecule has 2 N–H and O–H groups in total. The van der Waals surface area contributed by atoms with Crippen molar-refractivity contribution in [2.45, 2.75) is 26.7 Å². The Bertz CT molecular complexity index is 654. The van der Waals surface area contributed by atoms with Gasteiger partial charge in [-0.2, -0.15) is 0 Å². The van der Waals surface area contributed by atoms with Crippen molar-refractivity contribution in [3.8, 4) is 5.75 Å². The highest BCUT2D eigenvalue weighted by molar-refractivity contribution is 9.10. The van der Waals surface area contributed by atoms with E-state index in [1.165, 1.54) is 10.8 Å². The number of hydrogen-bond donors (Lipinski definition) is 1. The van der Waals surface area contributed by atoms with Gasteiger partial charge in [0.05, 0.1) is 16.1 Å². The molecule has 0 amide bonds. The third-order valence-corrected chi connectivity index (χ3v) is 5.07. The summed E-state index contributed by atoms with van der Waals surface area (Å²) in [5, 5.41) is 2.37. The predicted octanol–water partition coefficient (Wildman–Crippen LogP) is 5.07. The molecule has 2 nitrogen and oxygen atoms in total. The van der Waals surface area contributed by atoms with Crippen LogP contribution in [0, 0.1) is 5.41 Å². The highest BCUT2D eigenvalue weighted by Crippen LogP contribution is 2.33. The Balaban J connectivity index is 1.98. The molecular formula is C17H20BrNOS. The van der Waals surface area contributed by atoms with Crippen LogP contribution in [0.15, 0.2) is 40.9 Å². The van der Waals surface area contributed by atoms with Crippen molar-refractivity contribution >= 4 is 43.9 Å². The second-order valence-corrected chi connectivity index (χ2v) is 7.03. The molecule has 0 radical (unpaired) electrons. The lowest BCUT2D eigenvalue weighted by atomic mass is 9.88. The van der Waals surface area contributed by atoms with E-state index in [1.54, 1.807) is 0 Å². The molecule has 0 bridgehead atoms. The van der Waals surface area contributed by atoms with E-state index in [2.05, 4.69) is 48.0 Å². The molecule has 0 aliphatic rings. The van der Waals surface area contributed by atoms with E-state index in [1.807, 2.05) is 18.2 Å². The molecule has 0 saturated carbocycles. The quantitative estimate of drug-likeness (QED) is 0.572. The van der Waals surface area contributed by atoms with Crippen LogP contribution in [0.25, 0.3) is 10.8 Å². The Morgan fingerprint density at radius 2 is 1.95 bits per heavy atom. The summed E-state index contributed by atoms with van der Waals surface area (Å²) in [7, 11) is 0. The van der Waals surface area contributed by atoms with Gasteiger partial charge in [0, 0.05) is 5.41 Å². The van der Waals surface area contributed by atoms with Crippen LogP contribution < -0.4 is 10.5 Å². The van der Waals surface area contributed by atoms with Gasteiger partial charge in [0.2, 0.25) is 0 Å². The first-order chi connectivity index (χ1) is 9.92. The van der Waals surface area contributed by atoms with Crippen molar-refractivity contribution in [3.63, 3.8) is 0 Å². The van der Waals surface area contributed by atoms with Gasteiger partial charge < -0.3 is 10.5 Å². The van der Waals surface area contributed by atoms with Crippen LogP contribution in [0.4, 0.5) is 0 Å². The first-order valence-electron chi connectivity index (χ1n) is 7.02. The van der Waals surface area contributed by atoms with Crippen molar-refractivity contribution in [1.82, 2.24) is 0 Å². The fraction of sp³-hybridized carbons (Fsp3) is 0.353. The number of rotatable bonds is 6. The Morgan fingerprint density at radius 3 is 2.67 bits per heavy atom. The van der Waals surface area contributed by atoms with Crippen molar-refractivity contribution in [2.24, 2.45) is 11.1 Å². The van der Waals surface area contributed by atoms with Gasteiger partial charge in [-0.05, 0) is 45.6 Å². The highest BCUT2D eigenvalue weighted by atomic mass is 79.9. The molecule has 0 atom stereocenters. The van der Waals surface area contributed by atoms with Gasteiger partial charge in [0.25, 0.3) is 0 Å². The molecule has 2 aromatic carbocycles. The van der Waals surface area contributed by atoms with Gasteiger partial charge in [-0.15, -0.1) is 0 Å². The third kappa shape index (κ3) is 3.95. The number of halogens is 1. The number of fused-ring (bicyclic) bond motifs is 1. The van der Waals surface area contributed by atoms with Crippen molar-refractivity contribution in [2.75, 3.05) is 6.61 Å². The van der Waals surface area contributed by atoms with Crippen LogP contribution in [-0.4, -0.2) is 11.6 Å². The Hall–Kier alpha value is -1.13. The molecule has 0 aromatic heterocycles. The standard InChI is InChI=1S/C17H20BrNOS/c1-17(2,16(19)21)10-5-11-20-14-9-8-12-6-3-4-7-13(12)15(14)18/h3-4,6-9H,5,10-11H2,1-2H3,(H2,19,21). The van der Waals surface area contributed by atoms with Crippen molar-refractivity contribution in [1.29, 1.82) is 0 Å². The smallest absolute Gasteiger partial charge is 0.134 e. The molecule has 2 rings (SSSR count). The van der Waals surface area contributed by atoms with Crippen LogP contribution in [0.1, 0.15) is 26.7 Å². The summed E-state index contributed by atoms with van der Waals surface area (Å²) in [6.07, 6.45) is 1.84. The summed E-state index contributed by atoms with van der Waals surface area (Å²) >= 11 is 8.71. The maximum Gasteiger partial charge on any atom is 0.134 e. The van der Waals surface area contributed by atoms with Gasteiger partial charge in [-0.3, -0.25) is 0 Å². The first-order valence-corrected chi connectivity index (χ1v) is 8.22. The topological polar surface area (TPSA) is 35.2 Å². The molecule has 112 valence electrons. The summed E-state index contributed by atoms with van der Waals surface area (Å²) in [5.41, 5.74) is 5.62. The zero-order chi connectivity index (χ0) is 15.5. The van der Waals surface area contributed by atoms with E-state index in [4.69, 9.17) is 22.7 Å². The fourth-order valence-corrected chi connectivity index (χ4v) is 2.85. The van der Waals surface area contributed by atoms with Gasteiger partial charge in [-0.25, -0.2) is 0 Å². The lowest BCUT2D eigenvalue weighted by Gasteiger charge is -2.22. The van der Waals surface area contributed by atoms with E-state index < -0.39 is 0 Å². The second kappa shape index (κ2) is 6.75. The predicted molar refractivity (Wildman–Crippen MR) is 96.9 cm³/mol. The summed E-state index contributed by atoms with van der Waals surface area (Å²) < 4.78 is 6.90. The highest BCUT2D eigenvalue weighted by Gasteiger charge is 2.20. The number of benzene rings is 2. The van der Waals surface area contributed by atoms with Crippen LogP contribution >= 0.6 is 28.1 Å². The van der Waals surface area contributed by atoms with E-state index >= 15 is 0 Å². The normalized spacial score (nSPS) is 11.6. The van der Waals surface area contributed by atoms with Gasteiger partial charge >= 0.3 is 0 Å². The van der Waals surface area contributed by atoms with Crippen LogP contribution in [0.3, 0.4) is 0 Å². The maximum atomic E-state index is 5.89. The van der Waals surface area contributed by atoms with E-state index in [0.717, 1.165) is 23.1 Å². The SMILES string of the molecule is CC(C)(CCCOc1ccc2ccccc2c1Br)C(N)=S. The van der Waals surface area contributed by atoms with Crippen molar-refractivity contribution in [3.05, 3.63) is 40.9 Å². The second-order valence-electron chi connectivity index (χ2n) is 5.80. The minimum absolute atomic E-state index is 0.112. The lowest BCUT2D eigenvalue weighted by Crippen LogP contribution is -2.30. The summed E-state index contributed by atoms with van der Waals surface area (Å²) in [6, 6.07) is 12.3. The largest absolute Gasteiger partial charge is 0.492 e. The van der Waals surface area contributed by atoms with Crippen molar-refractivity contribution < 1.29 is 4.74 Å². The molecule has 21 heavy (non-hydrogen) atoms. The van der Waals surface area contributed by atoms with E-state index in [9.17, 15) is 0 Å². The van der Waals surface area contributed by atoms with Gasteiger partial charge in [0.15, 0.2) is 0 Å². The molecular weight excluding hydrogens is 346 g/mol. The Morgan fingerprint density at radius 1 is 1.24 bits per heavy atom. The molecule has 0 unspecified atom stereocenters. The van der Waals surface area contributed by atoms with Crippen LogP contribution in [-0.2, 0) is 0 Å². The molecule has 2 aromatic rings. The van der Waals surface area contributed by atoms with Gasteiger partial charge in [0.1, 0.15) is 5.75 Å². The molecule has 0 saturated heterocycles. The minimum Gasteiger partial charge on any atom is -0.492 e. The van der Waals surface area contributed by atoms with E-state index in [0.29, 0.717) is 11.6 Å². The molecule has 0 spiro atoms. The Labute approximate surface area is 139 Å². The molecule has 0 heterocycles. The lowest BCUT2D eigenvalue weighted by molar-refractivity contribution is 0.287. The summed E-state index contributed by atoms with van der Waals surface area (Å²) in [4.78, 5) is 0.564. The van der Waals surface area contributed by atoms with Crippen LogP contribution in [0.5, 0.6) is 5.75 Å². The molecule has 4 heteroatoms. The minimum atomic E-state index is -0.112. The number of nitrogens with two attached hydrogens (primary N) is 1. The summed E-state index contributed by atoms with van der Waals surface area (Å²) in [5.74, 6) is 0.877. The maximum absolute atomic E-state index is 5.89. The number of ether oxygens (including phenoxy) is 1. The third-order valence-electron chi connectivity index (χ3n) is 3.70. The number of hydrogen-bond acceptors (Lipinski definition) is 2. The fourth-order valence-electron chi connectivity index (χ4n) is 2.14. The summed E-state index contributed by atoms with van der Waals surface area (Å²) in [6.45, 7) is 4.80. The monoisotopic (exact) mass is 365 g/mol. The molecule has 0 aliphatic heterocycles. The average molecular weight is 366 g/mol. The first kappa shape index (κ1) is 16.2. The Kier molecular flexibility index (Phi) is 5.22. The average Bonchev–Trinajstić information content (AvgIpc) is 2.45. The number of thiocarbonyl (C=S) groups is 1. The van der Waals surface area contributed by atoms with E-state index in [-0.39, 0.29) is 5.41 Å².